The van der Waals surface area contributed by atoms with Crippen LogP contribution in [0.4, 0.5) is 11.4 Å². The summed E-state index contributed by atoms with van der Waals surface area (Å²) in [5.74, 6) is 2.14. The van der Waals surface area contributed by atoms with Crippen molar-refractivity contribution in [2.45, 2.75) is 52.4 Å². The molecule has 0 aliphatic heterocycles. The maximum Gasteiger partial charge on any atom is 0.232 e. The van der Waals surface area contributed by atoms with E-state index in [1.807, 2.05) is 25.1 Å². The Bertz CT molecular complexity index is 769. The molecule has 4 bridgehead atoms. The molecule has 4 aliphatic rings. The molecule has 6 heteroatoms. The summed E-state index contributed by atoms with van der Waals surface area (Å²) in [6, 6.07) is 5.64. The molecule has 144 valence electrons. The van der Waals surface area contributed by atoms with E-state index in [-0.39, 0.29) is 17.2 Å². The largest absolute Gasteiger partial charge is 0.332 e. The van der Waals surface area contributed by atoms with Crippen molar-refractivity contribution in [1.82, 2.24) is 5.32 Å². The van der Waals surface area contributed by atoms with Gasteiger partial charge in [-0.05, 0) is 93.1 Å². The van der Waals surface area contributed by atoms with Crippen LogP contribution in [0.1, 0.15) is 51.0 Å². The van der Waals surface area contributed by atoms with Gasteiger partial charge >= 0.3 is 0 Å². The first kappa shape index (κ1) is 18.4. The van der Waals surface area contributed by atoms with Gasteiger partial charge in [0.25, 0.3) is 0 Å². The summed E-state index contributed by atoms with van der Waals surface area (Å²) in [5.41, 5.74) is 2.25. The summed E-state index contributed by atoms with van der Waals surface area (Å²) in [6.07, 6.45) is 6.99. The molecule has 1 aromatic carbocycles. The van der Waals surface area contributed by atoms with Crippen molar-refractivity contribution in [2.75, 3.05) is 10.6 Å². The zero-order valence-corrected chi connectivity index (χ0v) is 16.7. The van der Waals surface area contributed by atoms with Gasteiger partial charge in [-0.15, -0.1) is 0 Å². The van der Waals surface area contributed by atoms with Crippen molar-refractivity contribution in [3.63, 3.8) is 0 Å². The highest BCUT2D eigenvalue weighted by atomic mass is 32.1. The Morgan fingerprint density at radius 3 is 2.19 bits per heavy atom. The van der Waals surface area contributed by atoms with Crippen molar-refractivity contribution in [2.24, 2.45) is 23.2 Å². The molecule has 4 fully saturated rings. The summed E-state index contributed by atoms with van der Waals surface area (Å²) in [5, 5.41) is 9.18. The number of hydrogen-bond acceptors (Lipinski definition) is 3. The van der Waals surface area contributed by atoms with Crippen LogP contribution in [0.15, 0.2) is 18.2 Å². The molecule has 0 heterocycles. The molecule has 0 unspecified atom stereocenters. The first-order chi connectivity index (χ1) is 12.8. The lowest BCUT2D eigenvalue weighted by atomic mass is 9.49. The fraction of sp³-hybridized carbons (Fsp3) is 0.571. The zero-order valence-electron chi connectivity index (χ0n) is 15.9. The Hall–Kier alpha value is -1.95. The topological polar surface area (TPSA) is 70.2 Å². The second-order valence-electron chi connectivity index (χ2n) is 8.82. The van der Waals surface area contributed by atoms with Crippen LogP contribution in [-0.4, -0.2) is 16.9 Å². The van der Waals surface area contributed by atoms with E-state index in [9.17, 15) is 9.59 Å². The highest BCUT2D eigenvalue weighted by Crippen LogP contribution is 2.60. The summed E-state index contributed by atoms with van der Waals surface area (Å²) in [4.78, 5) is 24.4. The number of anilines is 2. The first-order valence-corrected chi connectivity index (χ1v) is 10.2. The second kappa shape index (κ2) is 6.89. The number of carbonyl (C=O) groups excluding carboxylic acids is 2. The van der Waals surface area contributed by atoms with Gasteiger partial charge in [0.1, 0.15) is 0 Å². The van der Waals surface area contributed by atoms with Crippen LogP contribution in [0.3, 0.4) is 0 Å². The normalized spacial score (nSPS) is 30.7. The highest BCUT2D eigenvalue weighted by molar-refractivity contribution is 7.80. The van der Waals surface area contributed by atoms with E-state index in [2.05, 4.69) is 16.0 Å². The molecule has 27 heavy (non-hydrogen) atoms. The van der Waals surface area contributed by atoms with Crippen molar-refractivity contribution >= 4 is 40.5 Å². The molecular formula is C21H27N3O2S. The van der Waals surface area contributed by atoms with Crippen LogP contribution < -0.4 is 16.0 Å². The van der Waals surface area contributed by atoms with Gasteiger partial charge in [0, 0.05) is 18.3 Å². The molecule has 0 spiro atoms. The molecule has 0 aromatic heterocycles. The van der Waals surface area contributed by atoms with E-state index < -0.39 is 0 Å². The van der Waals surface area contributed by atoms with Gasteiger partial charge in [0.2, 0.25) is 11.8 Å². The predicted molar refractivity (Wildman–Crippen MR) is 110 cm³/mol. The molecule has 0 saturated heterocycles. The lowest BCUT2D eigenvalue weighted by molar-refractivity contribution is -0.144. The fourth-order valence-corrected chi connectivity index (χ4v) is 6.02. The van der Waals surface area contributed by atoms with Gasteiger partial charge in [0.05, 0.1) is 5.41 Å². The van der Waals surface area contributed by atoms with Crippen molar-refractivity contribution < 1.29 is 9.59 Å². The van der Waals surface area contributed by atoms with Gasteiger partial charge in [-0.3, -0.25) is 9.59 Å². The minimum atomic E-state index is -0.213. The van der Waals surface area contributed by atoms with E-state index >= 15 is 0 Å². The van der Waals surface area contributed by atoms with Crippen LogP contribution in [0, 0.1) is 30.1 Å². The number of nitrogens with one attached hydrogen (secondary N) is 3. The van der Waals surface area contributed by atoms with Gasteiger partial charge in [-0.1, -0.05) is 6.07 Å². The van der Waals surface area contributed by atoms with Gasteiger partial charge < -0.3 is 16.0 Å². The number of carbonyl (C=O) groups is 2. The number of aryl methyl sites for hydroxylation is 1. The van der Waals surface area contributed by atoms with Crippen molar-refractivity contribution in [3.8, 4) is 0 Å². The maximum absolute atomic E-state index is 13.1. The number of hydrogen-bond donors (Lipinski definition) is 3. The minimum absolute atomic E-state index is 0.0910. The molecule has 3 N–H and O–H groups in total. The molecule has 0 atom stereocenters. The third-order valence-corrected chi connectivity index (χ3v) is 6.76. The molecule has 4 saturated carbocycles. The van der Waals surface area contributed by atoms with E-state index in [0.29, 0.717) is 5.11 Å². The Labute approximate surface area is 165 Å². The van der Waals surface area contributed by atoms with Crippen molar-refractivity contribution in [1.29, 1.82) is 0 Å². The monoisotopic (exact) mass is 385 g/mol. The van der Waals surface area contributed by atoms with E-state index in [1.165, 1.54) is 26.2 Å². The smallest absolute Gasteiger partial charge is 0.232 e. The fourth-order valence-electron chi connectivity index (χ4n) is 5.81. The third kappa shape index (κ3) is 3.72. The lowest BCUT2D eigenvalue weighted by Gasteiger charge is -2.55. The van der Waals surface area contributed by atoms with Gasteiger partial charge in [0.15, 0.2) is 5.11 Å². The predicted octanol–water partition coefficient (Wildman–Crippen LogP) is 3.98. The first-order valence-electron chi connectivity index (χ1n) is 9.84. The molecule has 4 aliphatic carbocycles. The summed E-state index contributed by atoms with van der Waals surface area (Å²) in [7, 11) is 0. The van der Waals surface area contributed by atoms with Crippen molar-refractivity contribution in [3.05, 3.63) is 23.8 Å². The SMILES string of the molecule is CC(=O)Nc1cc(NC(=S)NC(=O)C23CC4CC(CC(C4)C2)C3)ccc1C. The van der Waals surface area contributed by atoms with Gasteiger partial charge in [-0.25, -0.2) is 0 Å². The molecule has 1 aromatic rings. The quantitative estimate of drug-likeness (QED) is 0.688. The second-order valence-corrected chi connectivity index (χ2v) is 9.23. The zero-order chi connectivity index (χ0) is 19.2. The number of rotatable bonds is 3. The highest BCUT2D eigenvalue weighted by Gasteiger charge is 2.54. The van der Waals surface area contributed by atoms with Gasteiger partial charge in [-0.2, -0.15) is 0 Å². The average molecular weight is 386 g/mol. The summed E-state index contributed by atoms with van der Waals surface area (Å²) in [6.45, 7) is 3.41. The van der Waals surface area contributed by atoms with Crippen LogP contribution >= 0.6 is 12.2 Å². The van der Waals surface area contributed by atoms with Crippen LogP contribution in [0.2, 0.25) is 0 Å². The number of benzene rings is 1. The van der Waals surface area contributed by atoms with Crippen LogP contribution in [-0.2, 0) is 9.59 Å². The Morgan fingerprint density at radius 2 is 1.63 bits per heavy atom. The third-order valence-electron chi connectivity index (χ3n) is 6.55. The molecule has 0 radical (unpaired) electrons. The molecule has 5 rings (SSSR count). The van der Waals surface area contributed by atoms with E-state index in [4.69, 9.17) is 12.2 Å². The summed E-state index contributed by atoms with van der Waals surface area (Å²) < 4.78 is 0. The van der Waals surface area contributed by atoms with Crippen LogP contribution in [0.25, 0.3) is 0 Å². The Kier molecular flexibility index (Phi) is 4.70. The molecular weight excluding hydrogens is 358 g/mol. The van der Waals surface area contributed by atoms with E-state index in [1.54, 1.807) is 0 Å². The van der Waals surface area contributed by atoms with E-state index in [0.717, 1.165) is 54.0 Å². The standard InChI is InChI=1S/C21H27N3O2S/c1-12-3-4-17(8-18(12)22-13(2)25)23-20(27)24-19(26)21-9-14-5-15(10-21)7-16(6-14)11-21/h3-4,8,14-16H,5-7,9-11H2,1-2H3,(H,22,25)(H2,23,24,26,27). The summed E-state index contributed by atoms with van der Waals surface area (Å²) >= 11 is 5.40. The molecule has 2 amide bonds. The Balaban J connectivity index is 1.41. The average Bonchev–Trinajstić information content (AvgIpc) is 2.56. The number of thiocarbonyl (C=S) groups is 1. The minimum Gasteiger partial charge on any atom is -0.332 e. The lowest BCUT2D eigenvalue weighted by Crippen LogP contribution is -2.55. The Morgan fingerprint density at radius 1 is 1.04 bits per heavy atom. The number of amides is 2. The van der Waals surface area contributed by atoms with Crippen LogP contribution in [0.5, 0.6) is 0 Å². The molecule has 5 nitrogen and oxygen atoms in total. The maximum atomic E-state index is 13.1.